The fraction of sp³-hybridized carbons (Fsp3) is 0.200. The van der Waals surface area contributed by atoms with Crippen LogP contribution in [-0.4, -0.2) is 10.8 Å². The number of rotatable bonds is 3. The molecule has 0 aliphatic carbocycles. The van der Waals surface area contributed by atoms with Crippen LogP contribution in [0.25, 0.3) is 0 Å². The van der Waals surface area contributed by atoms with E-state index in [1.807, 2.05) is 19.1 Å². The zero-order valence-corrected chi connectivity index (χ0v) is 10.4. The van der Waals surface area contributed by atoms with Crippen molar-refractivity contribution in [1.82, 2.24) is 4.98 Å². The van der Waals surface area contributed by atoms with Crippen LogP contribution in [0.4, 0.5) is 4.39 Å². The lowest BCUT2D eigenvalue weighted by atomic mass is 10.00. The number of nitrogens with zero attached hydrogens (tertiary/aromatic N) is 1. The molecule has 3 heteroatoms. The number of hydrogen-bond acceptors (Lipinski definition) is 2. The van der Waals surface area contributed by atoms with E-state index in [2.05, 4.69) is 4.98 Å². The monoisotopic (exact) mass is 243 g/mol. The summed E-state index contributed by atoms with van der Waals surface area (Å²) in [6, 6.07) is 7.98. The lowest BCUT2D eigenvalue weighted by molar-refractivity contribution is 0.0991. The Morgan fingerprint density at radius 3 is 2.67 bits per heavy atom. The minimum absolute atomic E-state index is 0.0331. The summed E-state index contributed by atoms with van der Waals surface area (Å²) in [7, 11) is 0. The molecule has 0 spiro atoms. The summed E-state index contributed by atoms with van der Waals surface area (Å²) >= 11 is 0. The number of aromatic nitrogens is 1. The molecule has 0 aliphatic rings. The standard InChI is InChI=1S/C15H14FNO/c1-10-4-3-7-17-14(10)9-15(18)13-6-5-12(16)8-11(13)2/h3-8H,9H2,1-2H3. The van der Waals surface area contributed by atoms with Crippen molar-refractivity contribution in [1.29, 1.82) is 0 Å². The van der Waals surface area contributed by atoms with E-state index in [1.54, 1.807) is 13.1 Å². The van der Waals surface area contributed by atoms with Crippen LogP contribution in [-0.2, 0) is 6.42 Å². The molecule has 1 heterocycles. The molecule has 0 fully saturated rings. The number of hydrogen-bond donors (Lipinski definition) is 0. The first kappa shape index (κ1) is 12.4. The predicted molar refractivity (Wildman–Crippen MR) is 68.1 cm³/mol. The average molecular weight is 243 g/mol. The topological polar surface area (TPSA) is 30.0 Å². The number of carbonyl (C=O) groups is 1. The van der Waals surface area contributed by atoms with Gasteiger partial charge in [0, 0.05) is 11.8 Å². The minimum Gasteiger partial charge on any atom is -0.294 e. The number of ketones is 1. The van der Waals surface area contributed by atoms with Gasteiger partial charge in [-0.3, -0.25) is 9.78 Å². The molecule has 92 valence electrons. The van der Waals surface area contributed by atoms with Gasteiger partial charge >= 0.3 is 0 Å². The highest BCUT2D eigenvalue weighted by atomic mass is 19.1. The zero-order valence-electron chi connectivity index (χ0n) is 10.4. The van der Waals surface area contributed by atoms with Gasteiger partial charge in [-0.25, -0.2) is 4.39 Å². The largest absolute Gasteiger partial charge is 0.294 e. The molecule has 1 aromatic carbocycles. The molecular weight excluding hydrogens is 229 g/mol. The normalized spacial score (nSPS) is 10.4. The number of Topliss-reactive ketones (excluding diaryl/α,β-unsaturated/α-hetero) is 1. The highest BCUT2D eigenvalue weighted by molar-refractivity contribution is 5.98. The van der Waals surface area contributed by atoms with Crippen LogP contribution in [0.3, 0.4) is 0 Å². The van der Waals surface area contributed by atoms with Gasteiger partial charge in [0.2, 0.25) is 0 Å². The van der Waals surface area contributed by atoms with Crippen LogP contribution in [0.5, 0.6) is 0 Å². The lowest BCUT2D eigenvalue weighted by Crippen LogP contribution is -2.08. The molecule has 0 radical (unpaired) electrons. The molecule has 18 heavy (non-hydrogen) atoms. The molecule has 2 rings (SSSR count). The third-order valence-corrected chi connectivity index (χ3v) is 2.93. The van der Waals surface area contributed by atoms with Gasteiger partial charge < -0.3 is 0 Å². The van der Waals surface area contributed by atoms with Crippen molar-refractivity contribution in [3.05, 3.63) is 64.7 Å². The van der Waals surface area contributed by atoms with E-state index < -0.39 is 0 Å². The molecule has 2 aromatic rings. The van der Waals surface area contributed by atoms with Gasteiger partial charge in [-0.05, 0) is 49.2 Å². The SMILES string of the molecule is Cc1cc(F)ccc1C(=O)Cc1ncccc1C. The van der Waals surface area contributed by atoms with E-state index in [4.69, 9.17) is 0 Å². The number of pyridine rings is 1. The van der Waals surface area contributed by atoms with Crippen molar-refractivity contribution >= 4 is 5.78 Å². The van der Waals surface area contributed by atoms with E-state index in [1.165, 1.54) is 18.2 Å². The van der Waals surface area contributed by atoms with Crippen molar-refractivity contribution in [2.24, 2.45) is 0 Å². The molecule has 0 amide bonds. The maximum absolute atomic E-state index is 13.0. The molecule has 0 unspecified atom stereocenters. The summed E-state index contributed by atoms with van der Waals surface area (Å²) < 4.78 is 13.0. The Kier molecular flexibility index (Phi) is 3.51. The maximum atomic E-state index is 13.0. The summed E-state index contributed by atoms with van der Waals surface area (Å²) in [6.07, 6.45) is 1.92. The molecule has 0 atom stereocenters. The number of benzene rings is 1. The Morgan fingerprint density at radius 2 is 2.00 bits per heavy atom. The van der Waals surface area contributed by atoms with Crippen molar-refractivity contribution in [3.63, 3.8) is 0 Å². The molecule has 0 bridgehead atoms. The van der Waals surface area contributed by atoms with Crippen LogP contribution >= 0.6 is 0 Å². The van der Waals surface area contributed by atoms with Gasteiger partial charge in [0.1, 0.15) is 5.82 Å². The summed E-state index contributed by atoms with van der Waals surface area (Å²) in [5.41, 5.74) is 2.98. The van der Waals surface area contributed by atoms with Gasteiger partial charge in [0.25, 0.3) is 0 Å². The van der Waals surface area contributed by atoms with Crippen LogP contribution in [0.1, 0.15) is 27.2 Å². The first-order valence-corrected chi connectivity index (χ1v) is 5.78. The third-order valence-electron chi connectivity index (χ3n) is 2.93. The van der Waals surface area contributed by atoms with E-state index in [-0.39, 0.29) is 18.0 Å². The Morgan fingerprint density at radius 1 is 1.22 bits per heavy atom. The van der Waals surface area contributed by atoms with E-state index in [9.17, 15) is 9.18 Å². The molecule has 1 aromatic heterocycles. The van der Waals surface area contributed by atoms with Gasteiger partial charge in [-0.15, -0.1) is 0 Å². The van der Waals surface area contributed by atoms with Gasteiger partial charge in [0.15, 0.2) is 5.78 Å². The molecule has 0 saturated heterocycles. The summed E-state index contributed by atoms with van der Waals surface area (Å²) in [6.45, 7) is 3.66. The number of halogens is 1. The lowest BCUT2D eigenvalue weighted by Gasteiger charge is -2.06. The summed E-state index contributed by atoms with van der Waals surface area (Å²) in [5.74, 6) is -0.354. The quantitative estimate of drug-likeness (QED) is 0.774. The van der Waals surface area contributed by atoms with Crippen molar-refractivity contribution in [2.75, 3.05) is 0 Å². The van der Waals surface area contributed by atoms with Crippen molar-refractivity contribution < 1.29 is 9.18 Å². The number of aryl methyl sites for hydroxylation is 2. The Hall–Kier alpha value is -2.03. The second-order valence-corrected chi connectivity index (χ2v) is 4.33. The Balaban J connectivity index is 2.25. The minimum atomic E-state index is -0.321. The Labute approximate surface area is 105 Å². The van der Waals surface area contributed by atoms with E-state index in [0.717, 1.165) is 11.3 Å². The van der Waals surface area contributed by atoms with Crippen LogP contribution in [0.2, 0.25) is 0 Å². The molecule has 2 nitrogen and oxygen atoms in total. The van der Waals surface area contributed by atoms with Crippen LogP contribution < -0.4 is 0 Å². The Bertz CT molecular complexity index is 593. The van der Waals surface area contributed by atoms with Crippen LogP contribution in [0.15, 0.2) is 36.5 Å². The highest BCUT2D eigenvalue weighted by Gasteiger charge is 2.12. The molecule has 0 aliphatic heterocycles. The average Bonchev–Trinajstić information content (AvgIpc) is 2.32. The smallest absolute Gasteiger partial charge is 0.169 e. The maximum Gasteiger partial charge on any atom is 0.169 e. The first-order valence-electron chi connectivity index (χ1n) is 5.78. The van der Waals surface area contributed by atoms with E-state index in [0.29, 0.717) is 11.1 Å². The first-order chi connectivity index (χ1) is 8.58. The fourth-order valence-corrected chi connectivity index (χ4v) is 1.89. The zero-order chi connectivity index (χ0) is 13.1. The summed E-state index contributed by atoms with van der Waals surface area (Å²) in [4.78, 5) is 16.3. The van der Waals surface area contributed by atoms with E-state index >= 15 is 0 Å². The highest BCUT2D eigenvalue weighted by Crippen LogP contribution is 2.14. The predicted octanol–water partition coefficient (Wildman–Crippen LogP) is 3.26. The van der Waals surface area contributed by atoms with Gasteiger partial charge in [-0.2, -0.15) is 0 Å². The second kappa shape index (κ2) is 5.08. The number of carbonyl (C=O) groups excluding carboxylic acids is 1. The second-order valence-electron chi connectivity index (χ2n) is 4.33. The summed E-state index contributed by atoms with van der Waals surface area (Å²) in [5, 5.41) is 0. The molecule has 0 N–H and O–H groups in total. The van der Waals surface area contributed by atoms with Gasteiger partial charge in [-0.1, -0.05) is 6.07 Å². The fourth-order valence-electron chi connectivity index (χ4n) is 1.89. The van der Waals surface area contributed by atoms with Crippen LogP contribution in [0, 0.1) is 19.7 Å². The van der Waals surface area contributed by atoms with Crippen molar-refractivity contribution in [3.8, 4) is 0 Å². The third kappa shape index (κ3) is 2.62. The molecular formula is C15H14FNO. The van der Waals surface area contributed by atoms with Crippen molar-refractivity contribution in [2.45, 2.75) is 20.3 Å². The molecule has 0 saturated carbocycles. The van der Waals surface area contributed by atoms with Gasteiger partial charge in [0.05, 0.1) is 12.1 Å².